The number of amides is 1. The van der Waals surface area contributed by atoms with E-state index < -0.39 is 28.5 Å². The largest absolute Gasteiger partial charge is 0.495 e. The van der Waals surface area contributed by atoms with Gasteiger partial charge in [-0.05, 0) is 56.2 Å². The molecule has 1 aromatic carbocycles. The average molecular weight is 463 g/mol. The Morgan fingerprint density at radius 3 is 2.56 bits per heavy atom. The number of methoxy groups -OCH3 is 1. The van der Waals surface area contributed by atoms with Gasteiger partial charge in [0.15, 0.2) is 6.61 Å². The topological polar surface area (TPSA) is 115 Å². The zero-order chi connectivity index (χ0) is 23.1. The lowest BCUT2D eigenvalue weighted by atomic mass is 10.2. The van der Waals surface area contributed by atoms with Crippen molar-refractivity contribution in [3.05, 3.63) is 47.9 Å². The second-order valence-electron chi connectivity index (χ2n) is 7.27. The van der Waals surface area contributed by atoms with Crippen molar-refractivity contribution < 1.29 is 31.9 Å². The van der Waals surface area contributed by atoms with Gasteiger partial charge in [0.25, 0.3) is 5.91 Å². The van der Waals surface area contributed by atoms with Gasteiger partial charge in [-0.3, -0.25) is 4.79 Å². The fourth-order valence-electron chi connectivity index (χ4n) is 3.28. The number of piperidine rings is 1. The zero-order valence-electron chi connectivity index (χ0n) is 18.0. The molecule has 32 heavy (non-hydrogen) atoms. The Labute approximate surface area is 187 Å². The summed E-state index contributed by atoms with van der Waals surface area (Å²) < 4.78 is 43.0. The van der Waals surface area contributed by atoms with E-state index in [1.807, 2.05) is 0 Å². The van der Waals surface area contributed by atoms with Gasteiger partial charge in [-0.1, -0.05) is 6.42 Å². The third-order valence-corrected chi connectivity index (χ3v) is 6.79. The van der Waals surface area contributed by atoms with Crippen molar-refractivity contribution in [2.24, 2.45) is 0 Å². The number of anilines is 1. The van der Waals surface area contributed by atoms with Crippen LogP contribution in [0.5, 0.6) is 5.75 Å². The highest BCUT2D eigenvalue weighted by Crippen LogP contribution is 2.31. The number of furan rings is 1. The quantitative estimate of drug-likeness (QED) is 0.474. The molecule has 10 heteroatoms. The molecule has 2 heterocycles. The fraction of sp³-hybridized carbons (Fsp3) is 0.364. The summed E-state index contributed by atoms with van der Waals surface area (Å²) in [5.74, 6) is 0.0748. The first-order valence-electron chi connectivity index (χ1n) is 10.2. The monoisotopic (exact) mass is 462 g/mol. The van der Waals surface area contributed by atoms with Crippen LogP contribution in [0, 0.1) is 6.92 Å². The van der Waals surface area contributed by atoms with Gasteiger partial charge < -0.3 is 19.2 Å². The van der Waals surface area contributed by atoms with E-state index in [2.05, 4.69) is 5.32 Å². The van der Waals surface area contributed by atoms with E-state index >= 15 is 0 Å². The molecule has 1 aromatic heterocycles. The van der Waals surface area contributed by atoms with Crippen molar-refractivity contribution in [3.63, 3.8) is 0 Å². The van der Waals surface area contributed by atoms with E-state index in [0.29, 0.717) is 24.6 Å². The Kier molecular flexibility index (Phi) is 7.70. The standard InChI is InChI=1S/C22H26N2O7S/c1-16-6-8-18(31-16)9-11-22(26)30-15-21(25)23-17-7-10-19(29-2)20(14-17)32(27,28)24-12-4-3-5-13-24/h6-11,14H,3-5,12-13,15H2,1-2H3,(H,23,25)/b11-9+. The summed E-state index contributed by atoms with van der Waals surface area (Å²) in [7, 11) is -2.38. The summed E-state index contributed by atoms with van der Waals surface area (Å²) in [5.41, 5.74) is 0.254. The smallest absolute Gasteiger partial charge is 0.331 e. The van der Waals surface area contributed by atoms with Crippen molar-refractivity contribution in [2.75, 3.05) is 32.1 Å². The third-order valence-electron chi connectivity index (χ3n) is 4.87. The number of ether oxygens (including phenoxy) is 2. The van der Waals surface area contributed by atoms with E-state index in [9.17, 15) is 18.0 Å². The first kappa shape index (κ1) is 23.6. The molecule has 1 saturated heterocycles. The number of carbonyl (C=O) groups excluding carboxylic acids is 2. The van der Waals surface area contributed by atoms with Gasteiger partial charge >= 0.3 is 5.97 Å². The van der Waals surface area contributed by atoms with Gasteiger partial charge in [-0.2, -0.15) is 4.31 Å². The number of esters is 1. The van der Waals surface area contributed by atoms with Gasteiger partial charge in [0.2, 0.25) is 10.0 Å². The number of sulfonamides is 1. The first-order valence-corrected chi connectivity index (χ1v) is 11.6. The number of hydrogen-bond donors (Lipinski definition) is 1. The van der Waals surface area contributed by atoms with Gasteiger partial charge in [0.1, 0.15) is 22.2 Å². The van der Waals surface area contributed by atoms with Gasteiger partial charge in [-0.25, -0.2) is 13.2 Å². The molecule has 0 unspecified atom stereocenters. The van der Waals surface area contributed by atoms with E-state index in [1.54, 1.807) is 19.1 Å². The molecule has 0 saturated carbocycles. The molecule has 1 aliphatic heterocycles. The molecular formula is C22H26N2O7S. The molecule has 1 aliphatic rings. The minimum absolute atomic E-state index is 0.0200. The van der Waals surface area contributed by atoms with Crippen molar-refractivity contribution in [3.8, 4) is 5.75 Å². The number of aryl methyl sites for hydroxylation is 1. The molecule has 0 radical (unpaired) electrons. The maximum atomic E-state index is 13.1. The molecule has 1 N–H and O–H groups in total. The Morgan fingerprint density at radius 2 is 1.91 bits per heavy atom. The second-order valence-corrected chi connectivity index (χ2v) is 9.17. The number of nitrogens with zero attached hydrogens (tertiary/aromatic N) is 1. The predicted molar refractivity (Wildman–Crippen MR) is 118 cm³/mol. The number of hydrogen-bond acceptors (Lipinski definition) is 7. The predicted octanol–water partition coefficient (Wildman–Crippen LogP) is 2.97. The minimum atomic E-state index is -3.77. The maximum absolute atomic E-state index is 13.1. The first-order chi connectivity index (χ1) is 15.3. The lowest BCUT2D eigenvalue weighted by Crippen LogP contribution is -2.35. The SMILES string of the molecule is COc1ccc(NC(=O)COC(=O)/C=C/c2ccc(C)o2)cc1S(=O)(=O)N1CCCCC1. The number of benzene rings is 1. The van der Waals surface area contributed by atoms with E-state index in [-0.39, 0.29) is 16.3 Å². The molecule has 3 rings (SSSR count). The van der Waals surface area contributed by atoms with Crippen molar-refractivity contribution in [2.45, 2.75) is 31.1 Å². The number of nitrogens with one attached hydrogen (secondary N) is 1. The molecule has 0 spiro atoms. The summed E-state index contributed by atoms with van der Waals surface area (Å²) >= 11 is 0. The third kappa shape index (κ3) is 5.98. The van der Waals surface area contributed by atoms with E-state index in [1.165, 1.54) is 35.7 Å². The molecule has 0 aliphatic carbocycles. The van der Waals surface area contributed by atoms with Crippen LogP contribution in [0.3, 0.4) is 0 Å². The second kappa shape index (κ2) is 10.5. The van der Waals surface area contributed by atoms with Crippen LogP contribution in [0.2, 0.25) is 0 Å². The Morgan fingerprint density at radius 1 is 1.16 bits per heavy atom. The van der Waals surface area contributed by atoms with E-state index in [4.69, 9.17) is 13.9 Å². The lowest BCUT2D eigenvalue weighted by Gasteiger charge is -2.26. The Balaban J connectivity index is 1.62. The normalized spacial score (nSPS) is 14.9. The van der Waals surface area contributed by atoms with Gasteiger partial charge in [0, 0.05) is 24.9 Å². The Bertz CT molecular complexity index is 1100. The van der Waals surface area contributed by atoms with Crippen LogP contribution < -0.4 is 10.1 Å². The number of rotatable bonds is 8. The average Bonchev–Trinajstić information content (AvgIpc) is 3.22. The molecular weight excluding hydrogens is 436 g/mol. The zero-order valence-corrected chi connectivity index (χ0v) is 18.8. The summed E-state index contributed by atoms with van der Waals surface area (Å²) in [5, 5.41) is 2.54. The van der Waals surface area contributed by atoms with Crippen molar-refractivity contribution >= 4 is 33.7 Å². The van der Waals surface area contributed by atoms with E-state index in [0.717, 1.165) is 25.3 Å². The van der Waals surface area contributed by atoms with Crippen LogP contribution in [0.15, 0.2) is 45.7 Å². The van der Waals surface area contributed by atoms with Crippen LogP contribution in [0.25, 0.3) is 6.08 Å². The maximum Gasteiger partial charge on any atom is 0.331 e. The summed E-state index contributed by atoms with van der Waals surface area (Å²) in [6.07, 6.45) is 5.19. The Hall–Kier alpha value is -3.11. The number of carbonyl (C=O) groups is 2. The highest BCUT2D eigenvalue weighted by Gasteiger charge is 2.29. The molecule has 9 nitrogen and oxygen atoms in total. The summed E-state index contributed by atoms with van der Waals surface area (Å²) in [6, 6.07) is 7.80. The fourth-order valence-corrected chi connectivity index (χ4v) is 4.97. The molecule has 1 fully saturated rings. The van der Waals surface area contributed by atoms with Crippen molar-refractivity contribution in [1.29, 1.82) is 0 Å². The van der Waals surface area contributed by atoms with Crippen LogP contribution in [0.1, 0.15) is 30.8 Å². The lowest BCUT2D eigenvalue weighted by molar-refractivity contribution is -0.142. The molecule has 2 aromatic rings. The highest BCUT2D eigenvalue weighted by atomic mass is 32.2. The van der Waals surface area contributed by atoms with Crippen LogP contribution in [0.4, 0.5) is 5.69 Å². The van der Waals surface area contributed by atoms with Crippen LogP contribution >= 0.6 is 0 Å². The van der Waals surface area contributed by atoms with Crippen LogP contribution in [-0.2, 0) is 24.3 Å². The van der Waals surface area contributed by atoms with Gasteiger partial charge in [0.05, 0.1) is 7.11 Å². The van der Waals surface area contributed by atoms with Crippen LogP contribution in [-0.4, -0.2) is 51.4 Å². The summed E-state index contributed by atoms with van der Waals surface area (Å²) in [6.45, 7) is 2.15. The molecule has 0 bridgehead atoms. The molecule has 1 amide bonds. The minimum Gasteiger partial charge on any atom is -0.495 e. The molecule has 172 valence electrons. The summed E-state index contributed by atoms with van der Waals surface area (Å²) in [4.78, 5) is 24.0. The van der Waals surface area contributed by atoms with Gasteiger partial charge in [-0.15, -0.1) is 0 Å². The van der Waals surface area contributed by atoms with Crippen molar-refractivity contribution in [1.82, 2.24) is 4.31 Å². The highest BCUT2D eigenvalue weighted by molar-refractivity contribution is 7.89. The molecule has 0 atom stereocenters.